The summed E-state index contributed by atoms with van der Waals surface area (Å²) in [6.07, 6.45) is -4.97. The number of carbonyl (C=O) groups excluding carboxylic acids is 1. The van der Waals surface area contributed by atoms with Crippen molar-refractivity contribution < 1.29 is 32.5 Å². The molecule has 4 rings (SSSR count). The van der Waals surface area contributed by atoms with E-state index in [0.717, 1.165) is 0 Å². The Morgan fingerprint density at radius 2 is 1.92 bits per heavy atom. The molecule has 1 aliphatic heterocycles. The van der Waals surface area contributed by atoms with E-state index in [1.807, 2.05) is 0 Å². The highest BCUT2D eigenvalue weighted by Crippen LogP contribution is 2.44. The van der Waals surface area contributed by atoms with Gasteiger partial charge in [0.15, 0.2) is 0 Å². The first-order valence-corrected chi connectivity index (χ1v) is 11.8. The molecule has 1 aromatic carbocycles. The molecule has 1 atom stereocenters. The number of rotatable bonds is 5. The van der Waals surface area contributed by atoms with Crippen LogP contribution in [-0.4, -0.2) is 68.1 Å². The van der Waals surface area contributed by atoms with Crippen molar-refractivity contribution >= 4 is 28.6 Å². The monoisotopic (exact) mass is 541 g/mol. The van der Waals surface area contributed by atoms with Crippen LogP contribution in [0.25, 0.3) is 10.9 Å². The van der Waals surface area contributed by atoms with E-state index < -0.39 is 35.8 Å². The molecule has 1 saturated heterocycles. The number of methoxy groups -OCH3 is 1. The Kier molecular flexibility index (Phi) is 6.78. The van der Waals surface area contributed by atoms with Crippen molar-refractivity contribution in [3.63, 3.8) is 0 Å². The summed E-state index contributed by atoms with van der Waals surface area (Å²) < 4.78 is 51.7. The van der Waals surface area contributed by atoms with Crippen LogP contribution in [0.1, 0.15) is 37.6 Å². The Balaban J connectivity index is 1.78. The molecule has 1 unspecified atom stereocenters. The Morgan fingerprint density at radius 3 is 2.46 bits per heavy atom. The number of fused-ring (bicyclic) bond motifs is 1. The van der Waals surface area contributed by atoms with Crippen LogP contribution in [-0.2, 0) is 23.8 Å². The molecule has 3 heterocycles. The van der Waals surface area contributed by atoms with Crippen molar-refractivity contribution in [1.82, 2.24) is 24.9 Å². The van der Waals surface area contributed by atoms with Gasteiger partial charge in [-0.25, -0.2) is 14.5 Å². The molecule has 200 valence electrons. The van der Waals surface area contributed by atoms with Crippen LogP contribution in [0.2, 0.25) is 5.02 Å². The highest BCUT2D eigenvalue weighted by Gasteiger charge is 2.50. The van der Waals surface area contributed by atoms with E-state index in [2.05, 4.69) is 15.3 Å². The molecule has 37 heavy (non-hydrogen) atoms. The summed E-state index contributed by atoms with van der Waals surface area (Å²) in [6.45, 7) is 5.61. The number of nitrogens with zero attached hydrogens (tertiary/aromatic N) is 5. The van der Waals surface area contributed by atoms with Crippen molar-refractivity contribution in [3.05, 3.63) is 46.2 Å². The first-order valence-electron chi connectivity index (χ1n) is 11.4. The van der Waals surface area contributed by atoms with Gasteiger partial charge in [0.1, 0.15) is 11.2 Å². The number of aryl methyl sites for hydroxylation is 1. The third kappa shape index (κ3) is 5.17. The molecule has 9 nitrogen and oxygen atoms in total. The number of benzene rings is 1. The highest BCUT2D eigenvalue weighted by molar-refractivity contribution is 6.36. The second-order valence-electron chi connectivity index (χ2n) is 10.0. The number of hydrogen-bond donors (Lipinski definition) is 1. The molecular weight excluding hydrogens is 515 g/mol. The van der Waals surface area contributed by atoms with Gasteiger partial charge in [0.05, 0.1) is 36.0 Å². The molecule has 1 fully saturated rings. The molecule has 13 heteroatoms. The van der Waals surface area contributed by atoms with Crippen molar-refractivity contribution in [1.29, 1.82) is 0 Å². The van der Waals surface area contributed by atoms with Gasteiger partial charge < -0.3 is 19.5 Å². The standard InChI is InChI=1S/C24H27ClF3N5O4/c1-22(2,3)37-21(34)33-11-14(12-33)24(35,18-10-29-31-32(18)4)13-6-7-17-15(8-13)19(25)16(9-23(26,27)28)20(30-17)36-5/h6-8,10,14,35H,9,11-12H2,1-5H3. The summed E-state index contributed by atoms with van der Waals surface area (Å²) in [5, 5.41) is 20.0. The van der Waals surface area contributed by atoms with Crippen molar-refractivity contribution in [2.24, 2.45) is 13.0 Å². The molecule has 1 aliphatic rings. The average molecular weight is 542 g/mol. The van der Waals surface area contributed by atoms with Gasteiger partial charge in [-0.2, -0.15) is 13.2 Å². The van der Waals surface area contributed by atoms with E-state index in [4.69, 9.17) is 21.1 Å². The minimum absolute atomic E-state index is 0.169. The lowest BCUT2D eigenvalue weighted by Gasteiger charge is -2.47. The van der Waals surface area contributed by atoms with E-state index >= 15 is 0 Å². The highest BCUT2D eigenvalue weighted by atomic mass is 35.5. The van der Waals surface area contributed by atoms with E-state index in [1.165, 1.54) is 29.0 Å². The van der Waals surface area contributed by atoms with Gasteiger partial charge in [0.25, 0.3) is 0 Å². The fourth-order valence-electron chi connectivity index (χ4n) is 4.45. The summed E-state index contributed by atoms with van der Waals surface area (Å²) >= 11 is 6.46. The van der Waals surface area contributed by atoms with Crippen LogP contribution in [0.5, 0.6) is 5.88 Å². The van der Waals surface area contributed by atoms with Crippen LogP contribution in [0, 0.1) is 5.92 Å². The third-order valence-electron chi connectivity index (χ3n) is 6.22. The van der Waals surface area contributed by atoms with Gasteiger partial charge in [-0.15, -0.1) is 5.10 Å². The van der Waals surface area contributed by atoms with Gasteiger partial charge in [-0.1, -0.05) is 22.9 Å². The summed E-state index contributed by atoms with van der Waals surface area (Å²) in [6, 6.07) is 4.67. The average Bonchev–Trinajstić information content (AvgIpc) is 3.18. The molecule has 0 radical (unpaired) electrons. The maximum Gasteiger partial charge on any atom is 0.410 e. The zero-order chi connectivity index (χ0) is 27.3. The number of hydrogen-bond acceptors (Lipinski definition) is 7. The molecule has 0 saturated carbocycles. The maximum atomic E-state index is 13.3. The topological polar surface area (TPSA) is 103 Å². The van der Waals surface area contributed by atoms with E-state index in [1.54, 1.807) is 40.0 Å². The maximum absolute atomic E-state index is 13.3. The van der Waals surface area contributed by atoms with E-state index in [-0.39, 0.29) is 34.9 Å². The second kappa shape index (κ2) is 9.32. The Labute approximate surface area is 216 Å². The van der Waals surface area contributed by atoms with Gasteiger partial charge in [0.2, 0.25) is 5.88 Å². The number of alkyl halides is 3. The van der Waals surface area contributed by atoms with Crippen molar-refractivity contribution in [2.75, 3.05) is 20.2 Å². The molecular formula is C24H27ClF3N5O4. The Morgan fingerprint density at radius 1 is 1.24 bits per heavy atom. The summed E-state index contributed by atoms with van der Waals surface area (Å²) in [5.41, 5.74) is -1.70. The normalized spacial score (nSPS) is 16.4. The van der Waals surface area contributed by atoms with Crippen LogP contribution in [0.4, 0.5) is 18.0 Å². The first kappa shape index (κ1) is 26.9. The third-order valence-corrected chi connectivity index (χ3v) is 6.65. The molecule has 0 spiro atoms. The quantitative estimate of drug-likeness (QED) is 0.515. The number of likely N-dealkylation sites (tertiary alicyclic amines) is 1. The minimum atomic E-state index is -4.54. The van der Waals surface area contributed by atoms with Crippen LogP contribution < -0.4 is 4.74 Å². The predicted octanol–water partition coefficient (Wildman–Crippen LogP) is 4.23. The second-order valence-corrected chi connectivity index (χ2v) is 10.4. The number of ether oxygens (including phenoxy) is 2. The van der Waals surface area contributed by atoms with Crippen LogP contribution in [0.3, 0.4) is 0 Å². The molecule has 0 aliphatic carbocycles. The van der Waals surface area contributed by atoms with E-state index in [0.29, 0.717) is 16.8 Å². The van der Waals surface area contributed by atoms with Crippen LogP contribution in [0.15, 0.2) is 24.4 Å². The molecule has 1 N–H and O–H groups in total. The van der Waals surface area contributed by atoms with Gasteiger partial charge >= 0.3 is 12.3 Å². The first-order chi connectivity index (χ1) is 17.1. The van der Waals surface area contributed by atoms with Gasteiger partial charge in [-0.3, -0.25) is 0 Å². The lowest BCUT2D eigenvalue weighted by atomic mass is 9.74. The van der Waals surface area contributed by atoms with Crippen molar-refractivity contribution in [2.45, 2.75) is 44.6 Å². The smallest absolute Gasteiger partial charge is 0.410 e. The predicted molar refractivity (Wildman–Crippen MR) is 128 cm³/mol. The fourth-order valence-corrected chi connectivity index (χ4v) is 4.75. The molecule has 2 aromatic heterocycles. The zero-order valence-electron chi connectivity index (χ0n) is 20.9. The molecule has 1 amide bonds. The summed E-state index contributed by atoms with van der Waals surface area (Å²) in [5.74, 6) is -0.713. The minimum Gasteiger partial charge on any atom is -0.481 e. The Hall–Kier alpha value is -3.12. The largest absolute Gasteiger partial charge is 0.481 e. The van der Waals surface area contributed by atoms with Gasteiger partial charge in [0, 0.05) is 37.0 Å². The number of pyridine rings is 1. The SMILES string of the molecule is COc1nc2ccc(C(O)(c3cnnn3C)C3CN(C(=O)OC(C)(C)C)C3)cc2c(Cl)c1CC(F)(F)F. The van der Waals surface area contributed by atoms with Crippen molar-refractivity contribution in [3.8, 4) is 5.88 Å². The molecule has 3 aromatic rings. The number of aliphatic hydroxyl groups is 1. The number of carbonyl (C=O) groups is 1. The van der Waals surface area contributed by atoms with Gasteiger partial charge in [-0.05, 0) is 38.5 Å². The summed E-state index contributed by atoms with van der Waals surface area (Å²) in [7, 11) is 2.83. The van der Waals surface area contributed by atoms with Crippen LogP contribution >= 0.6 is 11.6 Å². The van der Waals surface area contributed by atoms with E-state index in [9.17, 15) is 23.1 Å². The summed E-state index contributed by atoms with van der Waals surface area (Å²) in [4.78, 5) is 18.2. The number of amides is 1. The lowest BCUT2D eigenvalue weighted by Crippen LogP contribution is -2.59. The number of halogens is 4. The number of aromatic nitrogens is 4. The fraction of sp³-hybridized carbons (Fsp3) is 0.500. The Bertz CT molecular complexity index is 1330. The lowest BCUT2D eigenvalue weighted by molar-refractivity contribution is -0.127. The zero-order valence-corrected chi connectivity index (χ0v) is 21.7. The molecule has 0 bridgehead atoms.